The van der Waals surface area contributed by atoms with Crippen LogP contribution in [0.25, 0.3) is 0 Å². The molecule has 1 aliphatic rings. The second-order valence-corrected chi connectivity index (χ2v) is 5.58. The van der Waals surface area contributed by atoms with Crippen LogP contribution in [0, 0.1) is 11.3 Å². The zero-order valence-electron chi connectivity index (χ0n) is 14.5. The quantitative estimate of drug-likeness (QED) is 0.353. The lowest BCUT2D eigenvalue weighted by molar-refractivity contribution is -0.119. The molecule has 1 aromatic carbocycles. The maximum Gasteiger partial charge on any atom is 0.338 e. The highest BCUT2D eigenvalue weighted by Crippen LogP contribution is 2.12. The summed E-state index contributed by atoms with van der Waals surface area (Å²) in [6, 6.07) is 8.12. The molecule has 1 aromatic rings. The van der Waals surface area contributed by atoms with Gasteiger partial charge in [0, 0.05) is 38.1 Å². The lowest BCUT2D eigenvalue weighted by atomic mass is 10.2. The third kappa shape index (κ3) is 5.08. The molecule has 0 atom stereocenters. The van der Waals surface area contributed by atoms with Gasteiger partial charge in [-0.2, -0.15) is 5.26 Å². The summed E-state index contributed by atoms with van der Waals surface area (Å²) in [6.45, 7) is 4.23. The van der Waals surface area contributed by atoms with Gasteiger partial charge in [0.2, 0.25) is 6.41 Å². The van der Waals surface area contributed by atoms with Crippen LogP contribution in [0.2, 0.25) is 0 Å². The van der Waals surface area contributed by atoms with Gasteiger partial charge in [-0.25, -0.2) is 4.79 Å². The van der Waals surface area contributed by atoms with Gasteiger partial charge in [0.25, 0.3) is 5.91 Å². The van der Waals surface area contributed by atoms with E-state index >= 15 is 0 Å². The second kappa shape index (κ2) is 9.22. The normalized spacial score (nSPS) is 14.4. The van der Waals surface area contributed by atoms with E-state index in [2.05, 4.69) is 5.32 Å². The molecule has 0 bridgehead atoms. The van der Waals surface area contributed by atoms with Crippen molar-refractivity contribution in [2.75, 3.05) is 38.1 Å². The molecule has 0 saturated carbocycles. The van der Waals surface area contributed by atoms with Crippen molar-refractivity contribution >= 4 is 24.0 Å². The molecule has 1 aliphatic heterocycles. The number of anilines is 1. The van der Waals surface area contributed by atoms with Crippen LogP contribution in [0.15, 0.2) is 36.0 Å². The van der Waals surface area contributed by atoms with Gasteiger partial charge < -0.3 is 19.9 Å². The van der Waals surface area contributed by atoms with Gasteiger partial charge in [0.1, 0.15) is 11.6 Å². The van der Waals surface area contributed by atoms with Crippen molar-refractivity contribution in [3.63, 3.8) is 0 Å². The number of carbonyl (C=O) groups excluding carboxylic acids is 3. The molecule has 0 aliphatic carbocycles. The predicted octanol–water partition coefficient (Wildman–Crippen LogP) is 0.983. The van der Waals surface area contributed by atoms with Crippen LogP contribution in [0.4, 0.5) is 5.69 Å². The standard InChI is InChI=1S/C18H20N4O4/c1-2-26-18(25)14-3-5-16(6-4-14)20-17(24)15(11-19)12-21-7-9-22(13-23)10-8-21/h3-6,12-13H,2,7-10H2,1H3,(H,20,24)/b15-12-. The smallest absolute Gasteiger partial charge is 0.338 e. The van der Waals surface area contributed by atoms with E-state index in [-0.39, 0.29) is 12.2 Å². The van der Waals surface area contributed by atoms with Gasteiger partial charge in [0.05, 0.1) is 12.2 Å². The number of carbonyl (C=O) groups is 3. The SMILES string of the molecule is CCOC(=O)c1ccc(NC(=O)/C(C#N)=C\N2CCN(C=O)CC2)cc1. The third-order valence-electron chi connectivity index (χ3n) is 3.83. The molecule has 1 heterocycles. The fourth-order valence-electron chi connectivity index (χ4n) is 2.40. The molecular formula is C18H20N4O4. The molecule has 1 saturated heterocycles. The number of amides is 2. The van der Waals surface area contributed by atoms with Crippen molar-refractivity contribution in [3.05, 3.63) is 41.6 Å². The fraction of sp³-hybridized carbons (Fsp3) is 0.333. The maximum atomic E-state index is 12.3. The summed E-state index contributed by atoms with van der Waals surface area (Å²) < 4.78 is 4.90. The van der Waals surface area contributed by atoms with E-state index in [0.29, 0.717) is 37.4 Å². The molecule has 1 N–H and O–H groups in total. The molecule has 0 spiro atoms. The van der Waals surface area contributed by atoms with Crippen LogP contribution < -0.4 is 5.32 Å². The van der Waals surface area contributed by atoms with Gasteiger partial charge in [-0.15, -0.1) is 0 Å². The Morgan fingerprint density at radius 3 is 2.35 bits per heavy atom. The number of piperazine rings is 1. The van der Waals surface area contributed by atoms with Crippen LogP contribution in [-0.2, 0) is 14.3 Å². The van der Waals surface area contributed by atoms with E-state index in [1.165, 1.54) is 6.20 Å². The van der Waals surface area contributed by atoms with Gasteiger partial charge >= 0.3 is 5.97 Å². The number of hydrogen-bond donors (Lipinski definition) is 1. The average molecular weight is 356 g/mol. The summed E-state index contributed by atoms with van der Waals surface area (Å²) in [7, 11) is 0. The van der Waals surface area contributed by atoms with Crippen molar-refractivity contribution in [3.8, 4) is 6.07 Å². The summed E-state index contributed by atoms with van der Waals surface area (Å²) in [4.78, 5) is 38.1. The minimum Gasteiger partial charge on any atom is -0.462 e. The largest absolute Gasteiger partial charge is 0.462 e. The number of benzene rings is 1. The van der Waals surface area contributed by atoms with Crippen LogP contribution in [0.1, 0.15) is 17.3 Å². The van der Waals surface area contributed by atoms with Crippen molar-refractivity contribution in [1.82, 2.24) is 9.80 Å². The Morgan fingerprint density at radius 1 is 1.19 bits per heavy atom. The van der Waals surface area contributed by atoms with Crippen LogP contribution in [0.3, 0.4) is 0 Å². The van der Waals surface area contributed by atoms with Gasteiger partial charge in [0.15, 0.2) is 0 Å². The topological polar surface area (TPSA) is 103 Å². The molecule has 136 valence electrons. The highest BCUT2D eigenvalue weighted by molar-refractivity contribution is 6.06. The van der Waals surface area contributed by atoms with Crippen LogP contribution >= 0.6 is 0 Å². The van der Waals surface area contributed by atoms with E-state index in [4.69, 9.17) is 4.74 Å². The molecule has 8 nitrogen and oxygen atoms in total. The Labute approximate surface area is 151 Å². The van der Waals surface area contributed by atoms with Crippen molar-refractivity contribution < 1.29 is 19.1 Å². The number of nitrogens with zero attached hydrogens (tertiary/aromatic N) is 3. The first-order chi connectivity index (χ1) is 12.6. The lowest BCUT2D eigenvalue weighted by Crippen LogP contribution is -2.43. The van der Waals surface area contributed by atoms with Gasteiger partial charge in [-0.1, -0.05) is 0 Å². The Bertz CT molecular complexity index is 729. The molecule has 26 heavy (non-hydrogen) atoms. The van der Waals surface area contributed by atoms with E-state index in [9.17, 15) is 19.6 Å². The highest BCUT2D eigenvalue weighted by atomic mass is 16.5. The first-order valence-electron chi connectivity index (χ1n) is 8.21. The number of nitrogens with one attached hydrogen (secondary N) is 1. The van der Waals surface area contributed by atoms with E-state index in [0.717, 1.165) is 6.41 Å². The fourth-order valence-corrected chi connectivity index (χ4v) is 2.40. The van der Waals surface area contributed by atoms with Crippen molar-refractivity contribution in [1.29, 1.82) is 5.26 Å². The second-order valence-electron chi connectivity index (χ2n) is 5.58. The first-order valence-corrected chi connectivity index (χ1v) is 8.21. The Morgan fingerprint density at radius 2 is 1.81 bits per heavy atom. The molecule has 0 aromatic heterocycles. The third-order valence-corrected chi connectivity index (χ3v) is 3.83. The molecule has 2 rings (SSSR count). The number of ether oxygens (including phenoxy) is 1. The molecule has 2 amide bonds. The van der Waals surface area contributed by atoms with Crippen LogP contribution in [-0.4, -0.2) is 60.9 Å². The number of hydrogen-bond acceptors (Lipinski definition) is 6. The molecule has 8 heteroatoms. The lowest BCUT2D eigenvalue weighted by Gasteiger charge is -2.31. The van der Waals surface area contributed by atoms with Crippen molar-refractivity contribution in [2.24, 2.45) is 0 Å². The first kappa shape index (κ1) is 19.0. The Hall–Kier alpha value is -3.34. The van der Waals surface area contributed by atoms with E-state index in [1.807, 2.05) is 11.0 Å². The minimum absolute atomic E-state index is 0.0287. The molecule has 0 unspecified atom stereocenters. The zero-order chi connectivity index (χ0) is 18.9. The summed E-state index contributed by atoms with van der Waals surface area (Å²) in [5.74, 6) is -0.966. The summed E-state index contributed by atoms with van der Waals surface area (Å²) in [5.41, 5.74) is 0.822. The monoisotopic (exact) mass is 356 g/mol. The summed E-state index contributed by atoms with van der Waals surface area (Å²) in [6.07, 6.45) is 2.30. The number of rotatable bonds is 6. The summed E-state index contributed by atoms with van der Waals surface area (Å²) in [5, 5.41) is 11.9. The molecule has 0 radical (unpaired) electrons. The van der Waals surface area contributed by atoms with Crippen LogP contribution in [0.5, 0.6) is 0 Å². The average Bonchev–Trinajstić information content (AvgIpc) is 2.67. The molecule has 1 fully saturated rings. The number of esters is 1. The minimum atomic E-state index is -0.533. The molecular weight excluding hydrogens is 336 g/mol. The Kier molecular flexibility index (Phi) is 6.74. The maximum absolute atomic E-state index is 12.3. The zero-order valence-corrected chi connectivity index (χ0v) is 14.5. The number of nitriles is 1. The van der Waals surface area contributed by atoms with E-state index in [1.54, 1.807) is 36.1 Å². The van der Waals surface area contributed by atoms with E-state index < -0.39 is 11.9 Å². The van der Waals surface area contributed by atoms with Gasteiger partial charge in [-0.05, 0) is 31.2 Å². The van der Waals surface area contributed by atoms with Gasteiger partial charge in [-0.3, -0.25) is 9.59 Å². The summed E-state index contributed by atoms with van der Waals surface area (Å²) >= 11 is 0. The highest BCUT2D eigenvalue weighted by Gasteiger charge is 2.16. The predicted molar refractivity (Wildman–Crippen MR) is 93.9 cm³/mol. The Balaban J connectivity index is 1.98. The van der Waals surface area contributed by atoms with Crippen molar-refractivity contribution in [2.45, 2.75) is 6.92 Å².